The molecule has 4 nitrogen and oxygen atoms in total. The van der Waals surface area contributed by atoms with Gasteiger partial charge in [-0.05, 0) is 24.3 Å². The van der Waals surface area contributed by atoms with Crippen molar-refractivity contribution < 1.29 is 13.2 Å². The van der Waals surface area contributed by atoms with E-state index in [1.54, 1.807) is 0 Å². The molecule has 0 amide bonds. The number of nitrogens with zero attached hydrogens (tertiary/aromatic N) is 1. The van der Waals surface area contributed by atoms with Crippen LogP contribution in [-0.4, -0.2) is 26.7 Å². The predicted molar refractivity (Wildman–Crippen MR) is 60.3 cm³/mol. The van der Waals surface area contributed by atoms with Crippen molar-refractivity contribution in [1.29, 1.82) is 5.26 Å². The third-order valence-electron chi connectivity index (χ3n) is 1.79. The smallest absolute Gasteiger partial charge is 0.175 e. The van der Waals surface area contributed by atoms with Crippen molar-refractivity contribution in [1.82, 2.24) is 0 Å². The first-order chi connectivity index (χ1) is 7.43. The summed E-state index contributed by atoms with van der Waals surface area (Å²) >= 11 is 5.54. The lowest BCUT2D eigenvalue weighted by molar-refractivity contribution is 0.329. The first kappa shape index (κ1) is 12.8. The fourth-order valence-electron chi connectivity index (χ4n) is 0.990. The van der Waals surface area contributed by atoms with Crippen molar-refractivity contribution in [2.75, 3.05) is 12.9 Å². The molecule has 1 atom stereocenters. The first-order valence-corrected chi connectivity index (χ1v) is 6.73. The van der Waals surface area contributed by atoms with Crippen LogP contribution in [0.15, 0.2) is 29.2 Å². The molecule has 0 aliphatic rings. The highest BCUT2D eigenvalue weighted by Crippen LogP contribution is 2.16. The largest absolute Gasteiger partial charge is 0.491 e. The summed E-state index contributed by atoms with van der Waals surface area (Å²) in [6, 6.07) is 7.76. The molecule has 0 aromatic heterocycles. The molecule has 0 saturated carbocycles. The van der Waals surface area contributed by atoms with Crippen LogP contribution in [0.25, 0.3) is 0 Å². The van der Waals surface area contributed by atoms with E-state index in [9.17, 15) is 8.42 Å². The molecule has 1 unspecified atom stereocenters. The van der Waals surface area contributed by atoms with Gasteiger partial charge in [0.05, 0.1) is 11.0 Å². The Morgan fingerprint density at radius 3 is 2.44 bits per heavy atom. The molecular weight excluding hydrogens is 250 g/mol. The molecule has 6 heteroatoms. The highest BCUT2D eigenvalue weighted by Gasteiger charge is 2.07. The van der Waals surface area contributed by atoms with E-state index in [0.717, 1.165) is 6.26 Å². The highest BCUT2D eigenvalue weighted by molar-refractivity contribution is 7.90. The molecule has 0 bridgehead atoms. The maximum absolute atomic E-state index is 11.2. The number of ether oxygens (including phenoxy) is 1. The normalized spacial score (nSPS) is 12.8. The lowest BCUT2D eigenvalue weighted by Gasteiger charge is -2.06. The Labute approximate surface area is 99.3 Å². The van der Waals surface area contributed by atoms with Crippen molar-refractivity contribution in [2.24, 2.45) is 0 Å². The van der Waals surface area contributed by atoms with Gasteiger partial charge < -0.3 is 4.74 Å². The second kappa shape index (κ2) is 5.19. The molecular formula is C10H10ClNO3S. The molecule has 0 spiro atoms. The van der Waals surface area contributed by atoms with E-state index in [4.69, 9.17) is 21.6 Å². The molecule has 0 heterocycles. The summed E-state index contributed by atoms with van der Waals surface area (Å²) in [7, 11) is -3.19. The van der Waals surface area contributed by atoms with Crippen molar-refractivity contribution in [3.63, 3.8) is 0 Å². The van der Waals surface area contributed by atoms with Crippen LogP contribution in [0.4, 0.5) is 0 Å². The van der Waals surface area contributed by atoms with E-state index < -0.39 is 15.2 Å². The number of benzene rings is 1. The van der Waals surface area contributed by atoms with Gasteiger partial charge >= 0.3 is 0 Å². The topological polar surface area (TPSA) is 67.2 Å². The minimum Gasteiger partial charge on any atom is -0.491 e. The van der Waals surface area contributed by atoms with Crippen LogP contribution in [-0.2, 0) is 9.84 Å². The van der Waals surface area contributed by atoms with E-state index in [1.165, 1.54) is 24.3 Å². The summed E-state index contributed by atoms with van der Waals surface area (Å²) in [5.74, 6) is 0.480. The summed E-state index contributed by atoms with van der Waals surface area (Å²) in [6.45, 7) is 0.0658. The van der Waals surface area contributed by atoms with E-state index in [0.29, 0.717) is 5.75 Å². The van der Waals surface area contributed by atoms with Crippen molar-refractivity contribution in [3.05, 3.63) is 24.3 Å². The highest BCUT2D eigenvalue weighted by atomic mass is 35.5. The van der Waals surface area contributed by atoms with Gasteiger partial charge in [0, 0.05) is 6.26 Å². The fraction of sp³-hybridized carbons (Fsp3) is 0.300. The number of sulfone groups is 1. The Hall–Kier alpha value is -1.25. The Morgan fingerprint density at radius 1 is 1.44 bits per heavy atom. The number of nitriles is 1. The Kier molecular flexibility index (Phi) is 4.16. The van der Waals surface area contributed by atoms with E-state index in [2.05, 4.69) is 0 Å². The third-order valence-corrected chi connectivity index (χ3v) is 3.14. The molecule has 0 aliphatic carbocycles. The number of hydrogen-bond donors (Lipinski definition) is 0. The van der Waals surface area contributed by atoms with Gasteiger partial charge in [0.25, 0.3) is 0 Å². The average molecular weight is 260 g/mol. The van der Waals surface area contributed by atoms with E-state index in [-0.39, 0.29) is 11.5 Å². The fourth-order valence-corrected chi connectivity index (χ4v) is 1.68. The summed E-state index contributed by atoms with van der Waals surface area (Å²) in [5.41, 5.74) is 0. The molecule has 0 radical (unpaired) electrons. The Bertz CT molecular complexity index is 490. The molecule has 0 N–H and O–H groups in total. The Balaban J connectivity index is 2.70. The second-order valence-electron chi connectivity index (χ2n) is 3.15. The van der Waals surface area contributed by atoms with Gasteiger partial charge in [-0.3, -0.25) is 0 Å². The quantitative estimate of drug-likeness (QED) is 0.771. The molecule has 1 aromatic carbocycles. The number of rotatable bonds is 4. The zero-order valence-electron chi connectivity index (χ0n) is 8.55. The first-order valence-electron chi connectivity index (χ1n) is 4.40. The molecule has 1 rings (SSSR count). The van der Waals surface area contributed by atoms with Crippen LogP contribution in [0.1, 0.15) is 0 Å². The molecule has 1 aromatic rings. The van der Waals surface area contributed by atoms with Gasteiger partial charge in [-0.2, -0.15) is 5.26 Å². The second-order valence-corrected chi connectivity index (χ2v) is 5.69. The summed E-state index contributed by atoms with van der Waals surface area (Å²) < 4.78 is 27.5. The minimum absolute atomic E-state index is 0.0658. The summed E-state index contributed by atoms with van der Waals surface area (Å²) in [5, 5.41) is 7.71. The van der Waals surface area contributed by atoms with Crippen LogP contribution < -0.4 is 4.74 Å². The van der Waals surface area contributed by atoms with Gasteiger partial charge in [0.2, 0.25) is 0 Å². The average Bonchev–Trinajstić information content (AvgIpc) is 2.25. The monoisotopic (exact) mass is 259 g/mol. The van der Waals surface area contributed by atoms with E-state index in [1.807, 2.05) is 6.07 Å². The SMILES string of the molecule is CS(=O)(=O)c1ccc(OCC(Cl)C#N)cc1. The van der Waals surface area contributed by atoms with Gasteiger partial charge in [-0.25, -0.2) is 8.42 Å². The standard InChI is InChI=1S/C10H10ClNO3S/c1-16(13,14)10-4-2-9(3-5-10)15-7-8(11)6-12/h2-5,8H,7H2,1H3. The zero-order chi connectivity index (χ0) is 12.2. The zero-order valence-corrected chi connectivity index (χ0v) is 10.1. The molecule has 0 fully saturated rings. The molecule has 86 valence electrons. The van der Waals surface area contributed by atoms with Crippen LogP contribution in [0.5, 0.6) is 5.75 Å². The van der Waals surface area contributed by atoms with Crippen molar-refractivity contribution >= 4 is 21.4 Å². The van der Waals surface area contributed by atoms with Gasteiger partial charge in [-0.15, -0.1) is 11.6 Å². The lowest BCUT2D eigenvalue weighted by atomic mass is 10.3. The van der Waals surface area contributed by atoms with Crippen LogP contribution in [0.2, 0.25) is 0 Å². The van der Waals surface area contributed by atoms with Gasteiger partial charge in [0.1, 0.15) is 12.4 Å². The molecule has 0 saturated heterocycles. The number of hydrogen-bond acceptors (Lipinski definition) is 4. The predicted octanol–water partition coefficient (Wildman–Crippen LogP) is 1.60. The van der Waals surface area contributed by atoms with Crippen LogP contribution in [0.3, 0.4) is 0 Å². The summed E-state index contributed by atoms with van der Waals surface area (Å²) in [4.78, 5) is 0.225. The van der Waals surface area contributed by atoms with Crippen molar-refractivity contribution in [2.45, 2.75) is 10.3 Å². The lowest BCUT2D eigenvalue weighted by Crippen LogP contribution is -2.09. The van der Waals surface area contributed by atoms with Gasteiger partial charge in [0.15, 0.2) is 15.2 Å². The Morgan fingerprint density at radius 2 is 2.00 bits per heavy atom. The van der Waals surface area contributed by atoms with E-state index >= 15 is 0 Å². The van der Waals surface area contributed by atoms with Crippen LogP contribution in [0, 0.1) is 11.3 Å². The number of alkyl halides is 1. The van der Waals surface area contributed by atoms with Crippen LogP contribution >= 0.6 is 11.6 Å². The maximum atomic E-state index is 11.2. The molecule has 0 aliphatic heterocycles. The minimum atomic E-state index is -3.19. The van der Waals surface area contributed by atoms with Gasteiger partial charge in [-0.1, -0.05) is 0 Å². The maximum Gasteiger partial charge on any atom is 0.175 e. The summed E-state index contributed by atoms with van der Waals surface area (Å²) in [6.07, 6.45) is 1.13. The van der Waals surface area contributed by atoms with Crippen molar-refractivity contribution in [3.8, 4) is 11.8 Å². The third kappa shape index (κ3) is 3.72. The molecule has 16 heavy (non-hydrogen) atoms. The number of halogens is 1.